The summed E-state index contributed by atoms with van der Waals surface area (Å²) in [7, 11) is -3.63. The lowest BCUT2D eigenvalue weighted by atomic mass is 10.1. The number of carbonyl (C=O) groups excluding carboxylic acids is 2. The maximum atomic E-state index is 13.5. The van der Waals surface area contributed by atoms with Crippen LogP contribution in [-0.4, -0.2) is 50.5 Å². The van der Waals surface area contributed by atoms with Gasteiger partial charge in [-0.25, -0.2) is 8.42 Å². The molecule has 0 heterocycles. The summed E-state index contributed by atoms with van der Waals surface area (Å²) in [5, 5.41) is 4.24. The third-order valence-electron chi connectivity index (χ3n) is 6.09. The van der Waals surface area contributed by atoms with Gasteiger partial charge in [0.15, 0.2) is 0 Å². The first-order chi connectivity index (χ1) is 17.8. The number of nitrogens with one attached hydrogen (secondary N) is 1. The highest BCUT2D eigenvalue weighted by atomic mass is 35.5. The summed E-state index contributed by atoms with van der Waals surface area (Å²) in [6.45, 7) is 8.27. The molecule has 0 aliphatic carbocycles. The van der Waals surface area contributed by atoms with Crippen LogP contribution in [0.1, 0.15) is 51.2 Å². The SMILES string of the molecule is CCC(C(=O)NCC(C)C)N(Cc1ccc(Cl)cc1Cl)C(=O)CCCN(c1cccc(Cl)c1C)S(C)(=O)=O. The van der Waals surface area contributed by atoms with E-state index in [1.807, 2.05) is 20.8 Å². The van der Waals surface area contributed by atoms with Crippen molar-refractivity contribution in [2.75, 3.05) is 23.7 Å². The van der Waals surface area contributed by atoms with Crippen LogP contribution >= 0.6 is 34.8 Å². The fourth-order valence-electron chi connectivity index (χ4n) is 4.02. The summed E-state index contributed by atoms with van der Waals surface area (Å²) in [4.78, 5) is 28.1. The van der Waals surface area contributed by atoms with Gasteiger partial charge in [-0.15, -0.1) is 0 Å². The number of carbonyl (C=O) groups is 2. The fourth-order valence-corrected chi connectivity index (χ4v) is 5.68. The Bertz CT molecular complexity index is 1240. The molecule has 0 saturated heterocycles. The zero-order valence-corrected chi connectivity index (χ0v) is 25.5. The largest absolute Gasteiger partial charge is 0.354 e. The van der Waals surface area contributed by atoms with Crippen LogP contribution in [0, 0.1) is 12.8 Å². The lowest BCUT2D eigenvalue weighted by Gasteiger charge is -2.31. The van der Waals surface area contributed by atoms with E-state index in [0.717, 1.165) is 6.26 Å². The van der Waals surface area contributed by atoms with E-state index in [9.17, 15) is 18.0 Å². The average Bonchev–Trinajstić information content (AvgIpc) is 2.83. The van der Waals surface area contributed by atoms with E-state index in [4.69, 9.17) is 34.8 Å². The van der Waals surface area contributed by atoms with Gasteiger partial charge in [0.1, 0.15) is 6.04 Å². The Morgan fingerprint density at radius 3 is 2.32 bits per heavy atom. The summed E-state index contributed by atoms with van der Waals surface area (Å²) in [6.07, 6.45) is 1.80. The van der Waals surface area contributed by atoms with E-state index in [1.54, 1.807) is 43.3 Å². The Hall–Kier alpha value is -2.00. The minimum Gasteiger partial charge on any atom is -0.354 e. The van der Waals surface area contributed by atoms with Crippen molar-refractivity contribution in [3.05, 3.63) is 62.6 Å². The Morgan fingerprint density at radius 1 is 1.05 bits per heavy atom. The summed E-state index contributed by atoms with van der Waals surface area (Å²) in [5.41, 5.74) is 1.77. The van der Waals surface area contributed by atoms with Gasteiger partial charge in [0.2, 0.25) is 21.8 Å². The molecule has 0 aromatic heterocycles. The van der Waals surface area contributed by atoms with Crippen molar-refractivity contribution in [1.29, 1.82) is 0 Å². The molecule has 0 radical (unpaired) electrons. The van der Waals surface area contributed by atoms with E-state index in [2.05, 4.69) is 5.32 Å². The van der Waals surface area contributed by atoms with Crippen LogP contribution in [0.4, 0.5) is 5.69 Å². The molecular weight excluding hydrogens is 569 g/mol. The molecule has 2 rings (SSSR count). The maximum Gasteiger partial charge on any atom is 0.242 e. The number of rotatable bonds is 13. The molecule has 0 aliphatic heterocycles. The average molecular weight is 605 g/mol. The van der Waals surface area contributed by atoms with Gasteiger partial charge in [-0.1, -0.05) is 67.7 Å². The molecule has 0 saturated carbocycles. The van der Waals surface area contributed by atoms with E-state index >= 15 is 0 Å². The lowest BCUT2D eigenvalue weighted by Crippen LogP contribution is -2.49. The zero-order chi connectivity index (χ0) is 28.6. The molecule has 1 atom stereocenters. The van der Waals surface area contributed by atoms with E-state index < -0.39 is 16.1 Å². The summed E-state index contributed by atoms with van der Waals surface area (Å²) < 4.78 is 26.4. The second kappa shape index (κ2) is 14.4. The van der Waals surface area contributed by atoms with Crippen LogP contribution in [0.5, 0.6) is 0 Å². The van der Waals surface area contributed by atoms with E-state index in [1.165, 1.54) is 9.21 Å². The Morgan fingerprint density at radius 2 is 1.74 bits per heavy atom. The highest BCUT2D eigenvalue weighted by Gasteiger charge is 2.29. The third-order valence-corrected chi connectivity index (χ3v) is 8.26. The van der Waals surface area contributed by atoms with Crippen molar-refractivity contribution >= 4 is 62.3 Å². The highest BCUT2D eigenvalue weighted by molar-refractivity contribution is 7.92. The van der Waals surface area contributed by atoms with Crippen LogP contribution < -0.4 is 9.62 Å². The molecule has 11 heteroatoms. The quantitative estimate of drug-likeness (QED) is 0.300. The van der Waals surface area contributed by atoms with Crippen molar-refractivity contribution in [2.24, 2.45) is 5.92 Å². The molecule has 38 heavy (non-hydrogen) atoms. The Balaban J connectivity index is 2.28. The zero-order valence-electron chi connectivity index (χ0n) is 22.4. The molecule has 0 bridgehead atoms. The van der Waals surface area contributed by atoms with Crippen molar-refractivity contribution in [1.82, 2.24) is 10.2 Å². The van der Waals surface area contributed by atoms with Gasteiger partial charge in [0.25, 0.3) is 0 Å². The second-order valence-corrected chi connectivity index (χ2v) is 12.8. The van der Waals surface area contributed by atoms with Crippen LogP contribution in [0.25, 0.3) is 0 Å². The van der Waals surface area contributed by atoms with Crippen LogP contribution in [0.15, 0.2) is 36.4 Å². The minimum absolute atomic E-state index is 0.0325. The molecule has 0 spiro atoms. The molecule has 0 aliphatic rings. The van der Waals surface area contributed by atoms with Gasteiger partial charge in [-0.05, 0) is 61.1 Å². The Labute approximate surface area is 241 Å². The molecule has 1 N–H and O–H groups in total. The maximum absolute atomic E-state index is 13.5. The fraction of sp³-hybridized carbons (Fsp3) is 0.481. The minimum atomic E-state index is -3.63. The Kier molecular flexibility index (Phi) is 12.2. The molecule has 2 aromatic rings. The lowest BCUT2D eigenvalue weighted by molar-refractivity contribution is -0.141. The summed E-state index contributed by atoms with van der Waals surface area (Å²) in [5.74, 6) is -0.269. The molecule has 7 nitrogen and oxygen atoms in total. The molecule has 2 amide bonds. The molecule has 2 aromatic carbocycles. The first-order valence-corrected chi connectivity index (χ1v) is 15.5. The molecular formula is C27H36Cl3N3O4S. The second-order valence-electron chi connectivity index (χ2n) is 9.64. The number of halogens is 3. The van der Waals surface area contributed by atoms with Crippen LogP contribution in [-0.2, 0) is 26.2 Å². The van der Waals surface area contributed by atoms with Gasteiger partial charge >= 0.3 is 0 Å². The monoisotopic (exact) mass is 603 g/mol. The number of nitrogens with zero attached hydrogens (tertiary/aromatic N) is 2. The van der Waals surface area contributed by atoms with Crippen molar-refractivity contribution in [2.45, 2.75) is 59.5 Å². The molecule has 210 valence electrons. The topological polar surface area (TPSA) is 86.8 Å². The standard InChI is InChI=1S/C27H36Cl3N3O4S/c1-6-24(27(35)31-16-18(2)3)32(17-20-12-13-21(28)15-23(20)30)26(34)11-8-14-33(38(5,36)37)25-10-7-9-22(29)19(25)4/h7,9-10,12-13,15,18,24H,6,8,11,14,16-17H2,1-5H3,(H,31,35). The van der Waals surface area contributed by atoms with Gasteiger partial charge in [-0.3, -0.25) is 13.9 Å². The van der Waals surface area contributed by atoms with Gasteiger partial charge in [-0.2, -0.15) is 0 Å². The molecule has 1 unspecified atom stereocenters. The normalized spacial score (nSPS) is 12.3. The summed E-state index contributed by atoms with van der Waals surface area (Å²) in [6, 6.07) is 9.37. The smallest absolute Gasteiger partial charge is 0.242 e. The first kappa shape index (κ1) is 32.2. The number of amides is 2. The third kappa shape index (κ3) is 9.04. The highest BCUT2D eigenvalue weighted by Crippen LogP contribution is 2.29. The predicted octanol–water partition coefficient (Wildman–Crippen LogP) is 6.08. The number of anilines is 1. The van der Waals surface area contributed by atoms with Crippen LogP contribution in [0.3, 0.4) is 0 Å². The van der Waals surface area contributed by atoms with Gasteiger partial charge < -0.3 is 10.2 Å². The van der Waals surface area contributed by atoms with E-state index in [-0.39, 0.29) is 43.7 Å². The van der Waals surface area contributed by atoms with E-state index in [0.29, 0.717) is 44.8 Å². The first-order valence-electron chi connectivity index (χ1n) is 12.5. The van der Waals surface area contributed by atoms with Crippen molar-refractivity contribution < 1.29 is 18.0 Å². The molecule has 0 fully saturated rings. The van der Waals surface area contributed by atoms with Gasteiger partial charge in [0.05, 0.1) is 11.9 Å². The number of hydrogen-bond acceptors (Lipinski definition) is 4. The summed E-state index contributed by atoms with van der Waals surface area (Å²) >= 11 is 18.7. The van der Waals surface area contributed by atoms with Crippen molar-refractivity contribution in [3.8, 4) is 0 Å². The number of sulfonamides is 1. The van der Waals surface area contributed by atoms with Crippen LogP contribution in [0.2, 0.25) is 15.1 Å². The number of benzene rings is 2. The van der Waals surface area contributed by atoms with Crippen molar-refractivity contribution in [3.63, 3.8) is 0 Å². The van der Waals surface area contributed by atoms with Gasteiger partial charge in [0, 0.05) is 41.1 Å². The predicted molar refractivity (Wildman–Crippen MR) is 157 cm³/mol. The number of hydrogen-bond donors (Lipinski definition) is 1.